The highest BCUT2D eigenvalue weighted by Gasteiger charge is 2.06. The Hall–Kier alpha value is -2.14. The topological polar surface area (TPSA) is 38.3 Å². The summed E-state index contributed by atoms with van der Waals surface area (Å²) in [5.41, 5.74) is 1.97. The fourth-order valence-electron chi connectivity index (χ4n) is 1.91. The highest BCUT2D eigenvalue weighted by Crippen LogP contribution is 2.22. The van der Waals surface area contributed by atoms with Gasteiger partial charge >= 0.3 is 0 Å². The third kappa shape index (κ3) is 4.18. The first-order valence-electron chi connectivity index (χ1n) is 6.58. The predicted molar refractivity (Wildman–Crippen MR) is 89.5 cm³/mol. The van der Waals surface area contributed by atoms with Crippen molar-refractivity contribution >= 4 is 33.6 Å². The summed E-state index contributed by atoms with van der Waals surface area (Å²) in [7, 11) is 1.57. The lowest BCUT2D eigenvalue weighted by molar-refractivity contribution is -0.111. The van der Waals surface area contributed by atoms with E-state index in [-0.39, 0.29) is 5.69 Å². The molecule has 0 saturated carbocycles. The average Bonchev–Trinajstić information content (AvgIpc) is 2.48. The molecular weight excluding hydrogens is 349 g/mol. The fourth-order valence-corrected chi connectivity index (χ4v) is 2.25. The molecule has 0 spiro atoms. The molecule has 0 aromatic heterocycles. The third-order valence-corrected chi connectivity index (χ3v) is 3.48. The number of amides is 1. The van der Waals surface area contributed by atoms with Gasteiger partial charge in [-0.2, -0.15) is 0 Å². The van der Waals surface area contributed by atoms with Gasteiger partial charge in [-0.15, -0.1) is 0 Å². The lowest BCUT2D eigenvalue weighted by Gasteiger charge is -2.06. The molecule has 0 atom stereocenters. The summed E-state index contributed by atoms with van der Waals surface area (Å²) in [6, 6.07) is 10.1. The number of benzene rings is 2. The van der Waals surface area contributed by atoms with E-state index in [1.807, 2.05) is 25.1 Å². The molecule has 0 saturated heterocycles. The number of methoxy groups -OCH3 is 1. The first kappa shape index (κ1) is 16.2. The van der Waals surface area contributed by atoms with Crippen molar-refractivity contribution in [3.05, 3.63) is 63.9 Å². The van der Waals surface area contributed by atoms with Crippen LogP contribution in [0.25, 0.3) is 6.08 Å². The van der Waals surface area contributed by atoms with Gasteiger partial charge in [0.05, 0.1) is 12.8 Å². The molecular formula is C17H15BrFNO2. The Kier molecular flexibility index (Phi) is 5.33. The van der Waals surface area contributed by atoms with Crippen molar-refractivity contribution in [2.24, 2.45) is 0 Å². The Balaban J connectivity index is 2.13. The number of anilines is 1. The molecule has 0 aliphatic heterocycles. The maximum atomic E-state index is 13.7. The summed E-state index contributed by atoms with van der Waals surface area (Å²) >= 11 is 3.17. The van der Waals surface area contributed by atoms with E-state index in [2.05, 4.69) is 21.2 Å². The molecule has 1 amide bonds. The lowest BCUT2D eigenvalue weighted by Crippen LogP contribution is -2.09. The van der Waals surface area contributed by atoms with Crippen LogP contribution >= 0.6 is 15.9 Å². The van der Waals surface area contributed by atoms with Crippen LogP contribution in [-0.2, 0) is 4.79 Å². The van der Waals surface area contributed by atoms with Gasteiger partial charge in [-0.1, -0.05) is 27.6 Å². The smallest absolute Gasteiger partial charge is 0.248 e. The fraction of sp³-hybridized carbons (Fsp3) is 0.118. The molecule has 3 nitrogen and oxygen atoms in total. The molecule has 0 bridgehead atoms. The molecule has 114 valence electrons. The Labute approximate surface area is 136 Å². The van der Waals surface area contributed by atoms with Crippen molar-refractivity contribution in [2.75, 3.05) is 12.4 Å². The van der Waals surface area contributed by atoms with E-state index in [4.69, 9.17) is 4.74 Å². The van der Waals surface area contributed by atoms with Crippen molar-refractivity contribution in [3.8, 4) is 5.75 Å². The number of ether oxygens (including phenoxy) is 1. The molecule has 0 heterocycles. The van der Waals surface area contributed by atoms with Crippen LogP contribution in [-0.4, -0.2) is 13.0 Å². The molecule has 0 aliphatic carbocycles. The second-order valence-electron chi connectivity index (χ2n) is 4.69. The standard InChI is InChI=1S/C17H15BrFNO2/c1-11-3-7-16(22-2)12(9-11)4-8-17(21)20-15-6-5-13(18)10-14(15)19/h3-10H,1-2H3,(H,20,21)/b8-4+. The molecule has 0 aliphatic rings. The maximum Gasteiger partial charge on any atom is 0.248 e. The van der Waals surface area contributed by atoms with Crippen LogP contribution in [0.2, 0.25) is 0 Å². The van der Waals surface area contributed by atoms with Crippen LogP contribution in [0.15, 0.2) is 46.9 Å². The zero-order chi connectivity index (χ0) is 16.1. The van der Waals surface area contributed by atoms with E-state index in [1.165, 1.54) is 18.2 Å². The summed E-state index contributed by atoms with van der Waals surface area (Å²) in [4.78, 5) is 11.9. The summed E-state index contributed by atoms with van der Waals surface area (Å²) in [5.74, 6) is -0.237. The summed E-state index contributed by atoms with van der Waals surface area (Å²) in [6.07, 6.45) is 2.98. The van der Waals surface area contributed by atoms with Crippen molar-refractivity contribution in [2.45, 2.75) is 6.92 Å². The number of halogens is 2. The molecule has 1 N–H and O–H groups in total. The predicted octanol–water partition coefficient (Wildman–Crippen LogP) is 4.56. The number of hydrogen-bond acceptors (Lipinski definition) is 2. The van der Waals surface area contributed by atoms with Crippen LogP contribution in [0.4, 0.5) is 10.1 Å². The van der Waals surface area contributed by atoms with Gasteiger partial charge in [0.25, 0.3) is 0 Å². The van der Waals surface area contributed by atoms with E-state index in [1.54, 1.807) is 19.3 Å². The van der Waals surface area contributed by atoms with Crippen LogP contribution in [0.5, 0.6) is 5.75 Å². The van der Waals surface area contributed by atoms with Crippen LogP contribution in [0.1, 0.15) is 11.1 Å². The van der Waals surface area contributed by atoms with Gasteiger partial charge in [-0.3, -0.25) is 4.79 Å². The van der Waals surface area contributed by atoms with E-state index >= 15 is 0 Å². The zero-order valence-electron chi connectivity index (χ0n) is 12.2. The first-order valence-corrected chi connectivity index (χ1v) is 7.37. The molecule has 0 unspecified atom stereocenters. The SMILES string of the molecule is COc1ccc(C)cc1/C=C/C(=O)Nc1ccc(Br)cc1F. The number of nitrogens with one attached hydrogen (secondary N) is 1. The number of carbonyl (C=O) groups excluding carboxylic acids is 1. The molecule has 5 heteroatoms. The van der Waals surface area contributed by atoms with E-state index in [0.717, 1.165) is 11.1 Å². The largest absolute Gasteiger partial charge is 0.496 e. The second-order valence-corrected chi connectivity index (χ2v) is 5.61. The number of hydrogen-bond donors (Lipinski definition) is 1. The van der Waals surface area contributed by atoms with Gasteiger partial charge < -0.3 is 10.1 Å². The summed E-state index contributed by atoms with van der Waals surface area (Å²) in [6.45, 7) is 1.95. The first-order chi connectivity index (χ1) is 10.5. The Morgan fingerprint density at radius 2 is 2.05 bits per heavy atom. The van der Waals surface area contributed by atoms with E-state index in [9.17, 15) is 9.18 Å². The maximum absolute atomic E-state index is 13.7. The molecule has 0 radical (unpaired) electrons. The van der Waals surface area contributed by atoms with Gasteiger partial charge in [0.2, 0.25) is 5.91 Å². The molecule has 2 aromatic carbocycles. The highest BCUT2D eigenvalue weighted by atomic mass is 79.9. The van der Waals surface area contributed by atoms with E-state index in [0.29, 0.717) is 10.2 Å². The van der Waals surface area contributed by atoms with Crippen molar-refractivity contribution in [3.63, 3.8) is 0 Å². The molecule has 2 aromatic rings. The lowest BCUT2D eigenvalue weighted by atomic mass is 10.1. The van der Waals surface area contributed by atoms with Gasteiger partial charge in [-0.25, -0.2) is 4.39 Å². The molecule has 22 heavy (non-hydrogen) atoms. The Morgan fingerprint density at radius 1 is 1.27 bits per heavy atom. The minimum absolute atomic E-state index is 0.133. The van der Waals surface area contributed by atoms with Crippen molar-refractivity contribution in [1.82, 2.24) is 0 Å². The second kappa shape index (κ2) is 7.22. The van der Waals surface area contributed by atoms with Crippen LogP contribution in [0.3, 0.4) is 0 Å². The normalized spacial score (nSPS) is 10.7. The Morgan fingerprint density at radius 3 is 2.73 bits per heavy atom. The van der Waals surface area contributed by atoms with Crippen molar-refractivity contribution in [1.29, 1.82) is 0 Å². The summed E-state index contributed by atoms with van der Waals surface area (Å²) < 4.78 is 19.5. The monoisotopic (exact) mass is 363 g/mol. The summed E-state index contributed by atoms with van der Waals surface area (Å²) in [5, 5.41) is 2.50. The minimum Gasteiger partial charge on any atom is -0.496 e. The zero-order valence-corrected chi connectivity index (χ0v) is 13.8. The van der Waals surface area contributed by atoms with Gasteiger partial charge in [-0.05, 0) is 43.3 Å². The minimum atomic E-state index is -0.496. The molecule has 2 rings (SSSR count). The quantitative estimate of drug-likeness (QED) is 0.808. The van der Waals surface area contributed by atoms with Gasteiger partial charge in [0, 0.05) is 16.1 Å². The third-order valence-electron chi connectivity index (χ3n) is 2.99. The van der Waals surface area contributed by atoms with Crippen LogP contribution in [0, 0.1) is 12.7 Å². The van der Waals surface area contributed by atoms with Gasteiger partial charge in [0.15, 0.2) is 0 Å². The molecule has 0 fully saturated rings. The highest BCUT2D eigenvalue weighted by molar-refractivity contribution is 9.10. The van der Waals surface area contributed by atoms with E-state index < -0.39 is 11.7 Å². The van der Waals surface area contributed by atoms with Crippen LogP contribution < -0.4 is 10.1 Å². The number of carbonyl (C=O) groups is 1. The Bertz CT molecular complexity index is 729. The van der Waals surface area contributed by atoms with Gasteiger partial charge in [0.1, 0.15) is 11.6 Å². The average molecular weight is 364 g/mol. The number of aryl methyl sites for hydroxylation is 1. The number of rotatable bonds is 4. The van der Waals surface area contributed by atoms with Crippen molar-refractivity contribution < 1.29 is 13.9 Å².